The molecule has 0 aromatic carbocycles. The minimum Gasteiger partial charge on any atom is -0.300 e. The van der Waals surface area contributed by atoms with Crippen LogP contribution in [0.3, 0.4) is 0 Å². The second kappa shape index (κ2) is 5.43. The van der Waals surface area contributed by atoms with E-state index in [0.717, 1.165) is 6.54 Å². The van der Waals surface area contributed by atoms with Gasteiger partial charge in [0.25, 0.3) is 0 Å². The Morgan fingerprint density at radius 3 is 1.92 bits per heavy atom. The van der Waals surface area contributed by atoms with Gasteiger partial charge in [-0.1, -0.05) is 39.8 Å². The third-order valence-corrected chi connectivity index (χ3v) is 2.93. The van der Waals surface area contributed by atoms with Crippen molar-refractivity contribution in [2.24, 2.45) is 11.8 Å². The largest absolute Gasteiger partial charge is 0.300 e. The molecule has 0 spiro atoms. The summed E-state index contributed by atoms with van der Waals surface area (Å²) in [6.45, 7) is 16.3. The Morgan fingerprint density at radius 2 is 1.62 bits per heavy atom. The van der Waals surface area contributed by atoms with Gasteiger partial charge in [0, 0.05) is 12.6 Å². The van der Waals surface area contributed by atoms with E-state index in [1.807, 2.05) is 0 Å². The lowest BCUT2D eigenvalue weighted by Gasteiger charge is -2.29. The Morgan fingerprint density at radius 1 is 1.15 bits per heavy atom. The van der Waals surface area contributed by atoms with Crippen molar-refractivity contribution in [2.75, 3.05) is 13.6 Å². The van der Waals surface area contributed by atoms with Crippen LogP contribution in [-0.2, 0) is 0 Å². The van der Waals surface area contributed by atoms with Crippen LogP contribution in [-0.4, -0.2) is 24.5 Å². The summed E-state index contributed by atoms with van der Waals surface area (Å²) in [5.41, 5.74) is 1.33. The van der Waals surface area contributed by atoms with Crippen LogP contribution in [0.2, 0.25) is 0 Å². The highest BCUT2D eigenvalue weighted by Gasteiger charge is 2.14. The van der Waals surface area contributed by atoms with Crippen LogP contribution in [0, 0.1) is 11.8 Å². The summed E-state index contributed by atoms with van der Waals surface area (Å²) >= 11 is 0. The van der Waals surface area contributed by atoms with E-state index < -0.39 is 0 Å². The van der Waals surface area contributed by atoms with Gasteiger partial charge in [0.15, 0.2) is 0 Å². The fraction of sp³-hybridized carbons (Fsp3) is 0.833. The molecule has 0 aliphatic carbocycles. The minimum absolute atomic E-state index is 0.599. The topological polar surface area (TPSA) is 3.24 Å². The molecule has 0 aliphatic heterocycles. The maximum atomic E-state index is 4.09. The highest BCUT2D eigenvalue weighted by molar-refractivity contribution is 5.00. The Kier molecular flexibility index (Phi) is 5.31. The first kappa shape index (κ1) is 12.7. The molecule has 1 heteroatoms. The van der Waals surface area contributed by atoms with Gasteiger partial charge in [0.1, 0.15) is 0 Å². The molecule has 1 unspecified atom stereocenters. The number of hydrogen-bond donors (Lipinski definition) is 0. The summed E-state index contributed by atoms with van der Waals surface area (Å²) in [4.78, 5) is 2.38. The highest BCUT2D eigenvalue weighted by Crippen LogP contribution is 2.13. The maximum Gasteiger partial charge on any atom is 0.0192 e. The first-order valence-corrected chi connectivity index (χ1v) is 5.24. The first-order valence-electron chi connectivity index (χ1n) is 5.24. The molecule has 0 radical (unpaired) electrons. The summed E-state index contributed by atoms with van der Waals surface area (Å²) < 4.78 is 0. The number of likely N-dealkylation sites (N-methyl/N-ethyl adjacent to an activating group) is 1. The van der Waals surface area contributed by atoms with Crippen LogP contribution in [0.15, 0.2) is 12.2 Å². The average molecular weight is 183 g/mol. The van der Waals surface area contributed by atoms with Crippen LogP contribution in [0.4, 0.5) is 0 Å². The molecule has 0 aromatic rings. The lowest BCUT2D eigenvalue weighted by atomic mass is 10.0. The van der Waals surface area contributed by atoms with E-state index in [4.69, 9.17) is 0 Å². The lowest BCUT2D eigenvalue weighted by molar-refractivity contribution is 0.220. The van der Waals surface area contributed by atoms with Crippen molar-refractivity contribution in [3.63, 3.8) is 0 Å². The van der Waals surface area contributed by atoms with Crippen molar-refractivity contribution in [3.8, 4) is 0 Å². The first-order chi connectivity index (χ1) is 5.86. The minimum atomic E-state index is 0.599. The zero-order chi connectivity index (χ0) is 10.6. The predicted octanol–water partition coefficient (Wildman–Crippen LogP) is 3.17. The van der Waals surface area contributed by atoms with Crippen molar-refractivity contribution in [1.82, 2.24) is 4.90 Å². The van der Waals surface area contributed by atoms with Crippen molar-refractivity contribution >= 4 is 0 Å². The average Bonchev–Trinajstić information content (AvgIpc) is 2.02. The molecule has 0 saturated carbocycles. The van der Waals surface area contributed by atoms with Crippen LogP contribution >= 0.6 is 0 Å². The highest BCUT2D eigenvalue weighted by atomic mass is 15.1. The van der Waals surface area contributed by atoms with E-state index >= 15 is 0 Å². The van der Waals surface area contributed by atoms with Gasteiger partial charge in [0.2, 0.25) is 0 Å². The Labute approximate surface area is 83.8 Å². The Hall–Kier alpha value is -0.300. The van der Waals surface area contributed by atoms with Crippen molar-refractivity contribution in [2.45, 2.75) is 40.7 Å². The van der Waals surface area contributed by atoms with E-state index in [2.05, 4.69) is 53.1 Å². The maximum absolute atomic E-state index is 4.09. The number of hydrogen-bond acceptors (Lipinski definition) is 1. The zero-order valence-electron chi connectivity index (χ0n) is 10.1. The van der Waals surface area contributed by atoms with Crippen LogP contribution in [0.25, 0.3) is 0 Å². The monoisotopic (exact) mass is 183 g/mol. The molecule has 0 N–H and O–H groups in total. The van der Waals surface area contributed by atoms with Crippen LogP contribution in [0.1, 0.15) is 34.6 Å². The molecule has 1 nitrogen and oxygen atoms in total. The molecule has 0 amide bonds. The third-order valence-electron chi connectivity index (χ3n) is 2.93. The quantitative estimate of drug-likeness (QED) is 0.592. The van der Waals surface area contributed by atoms with Gasteiger partial charge in [-0.05, 0) is 25.8 Å². The standard InChI is InChI=1S/C12H25N/c1-9(2)11(5)8-13(7)12(6)10(3)4/h9-10,12H,5,8H2,1-4,6-7H3. The molecule has 78 valence electrons. The van der Waals surface area contributed by atoms with Crippen LogP contribution in [0.5, 0.6) is 0 Å². The molecular weight excluding hydrogens is 158 g/mol. The SMILES string of the molecule is C=C(CN(C)C(C)C(C)C)C(C)C. The Bertz CT molecular complexity index is 159. The van der Waals surface area contributed by atoms with E-state index in [9.17, 15) is 0 Å². The van der Waals surface area contributed by atoms with Gasteiger partial charge in [0.05, 0.1) is 0 Å². The van der Waals surface area contributed by atoms with Gasteiger partial charge < -0.3 is 0 Å². The molecule has 0 saturated heterocycles. The molecule has 0 aromatic heterocycles. The summed E-state index contributed by atoms with van der Waals surface area (Å²) in [6.07, 6.45) is 0. The van der Waals surface area contributed by atoms with Gasteiger partial charge in [-0.15, -0.1) is 0 Å². The number of rotatable bonds is 5. The lowest BCUT2D eigenvalue weighted by Crippen LogP contribution is -2.35. The van der Waals surface area contributed by atoms with Gasteiger partial charge in [-0.25, -0.2) is 0 Å². The zero-order valence-corrected chi connectivity index (χ0v) is 10.1. The summed E-state index contributed by atoms with van der Waals surface area (Å²) in [5.74, 6) is 1.31. The molecule has 0 fully saturated rings. The Balaban J connectivity index is 4.00. The summed E-state index contributed by atoms with van der Waals surface area (Å²) in [5, 5.41) is 0. The molecule has 0 heterocycles. The van der Waals surface area contributed by atoms with Crippen molar-refractivity contribution in [1.29, 1.82) is 0 Å². The smallest absolute Gasteiger partial charge is 0.0192 e. The van der Waals surface area contributed by atoms with Crippen LogP contribution < -0.4 is 0 Å². The molecular formula is C12H25N. The predicted molar refractivity (Wildman–Crippen MR) is 60.9 cm³/mol. The second-order valence-corrected chi connectivity index (χ2v) is 4.71. The molecule has 0 bridgehead atoms. The van der Waals surface area contributed by atoms with E-state index in [1.54, 1.807) is 0 Å². The van der Waals surface area contributed by atoms with E-state index in [1.165, 1.54) is 5.57 Å². The fourth-order valence-electron chi connectivity index (χ4n) is 1.16. The van der Waals surface area contributed by atoms with E-state index in [-0.39, 0.29) is 0 Å². The summed E-state index contributed by atoms with van der Waals surface area (Å²) in [7, 11) is 2.18. The molecule has 13 heavy (non-hydrogen) atoms. The summed E-state index contributed by atoms with van der Waals surface area (Å²) in [6, 6.07) is 0.635. The van der Waals surface area contributed by atoms with Gasteiger partial charge >= 0.3 is 0 Å². The van der Waals surface area contributed by atoms with Gasteiger partial charge in [-0.2, -0.15) is 0 Å². The number of nitrogens with zero attached hydrogens (tertiary/aromatic N) is 1. The molecule has 0 aliphatic rings. The normalized spacial score (nSPS) is 14.2. The van der Waals surface area contributed by atoms with E-state index in [0.29, 0.717) is 17.9 Å². The van der Waals surface area contributed by atoms with Gasteiger partial charge in [-0.3, -0.25) is 4.90 Å². The molecule has 0 rings (SSSR count). The van der Waals surface area contributed by atoms with Crippen molar-refractivity contribution in [3.05, 3.63) is 12.2 Å². The third kappa shape index (κ3) is 4.47. The van der Waals surface area contributed by atoms with Crippen molar-refractivity contribution < 1.29 is 0 Å². The second-order valence-electron chi connectivity index (χ2n) is 4.71. The fourth-order valence-corrected chi connectivity index (χ4v) is 1.16. The molecule has 1 atom stereocenters.